The Bertz CT molecular complexity index is 1020. The summed E-state index contributed by atoms with van der Waals surface area (Å²) in [5, 5.41) is 12.8. The number of benzene rings is 2. The van der Waals surface area contributed by atoms with Crippen LogP contribution in [0.25, 0.3) is 0 Å². The molecule has 0 saturated heterocycles. The van der Waals surface area contributed by atoms with Crippen molar-refractivity contribution in [1.29, 1.82) is 0 Å². The maximum Gasteiger partial charge on any atom is 0.216 e. The third-order valence-electron chi connectivity index (χ3n) is 4.49. The second-order valence-corrected chi connectivity index (χ2v) is 8.34. The Kier molecular flexibility index (Phi) is 6.70. The molecule has 0 radical (unpaired) electrons. The molecule has 0 aliphatic carbocycles. The zero-order valence-electron chi connectivity index (χ0n) is 16.0. The van der Waals surface area contributed by atoms with Gasteiger partial charge in [-0.1, -0.05) is 74.3 Å². The molecule has 0 aliphatic heterocycles. The molecule has 1 unspecified atom stereocenters. The summed E-state index contributed by atoms with van der Waals surface area (Å²) in [6, 6.07) is 14.0. The van der Waals surface area contributed by atoms with Gasteiger partial charge in [-0.05, 0) is 47.8 Å². The van der Waals surface area contributed by atoms with Gasteiger partial charge in [0.05, 0.1) is 16.3 Å². The minimum atomic E-state index is 0.0138. The first-order chi connectivity index (χ1) is 13.4. The molecule has 3 rings (SSSR count). The average molecular weight is 433 g/mol. The van der Waals surface area contributed by atoms with E-state index in [4.69, 9.17) is 35.4 Å². The number of hydrogen-bond acceptors (Lipinski definition) is 3. The molecule has 7 heteroatoms. The molecule has 1 aromatic heterocycles. The molecule has 146 valence electrons. The number of hydrogen-bond donors (Lipinski definition) is 1. The summed E-state index contributed by atoms with van der Waals surface area (Å²) in [5.74, 6) is 1.37. The van der Waals surface area contributed by atoms with Crippen molar-refractivity contribution >= 4 is 41.6 Å². The molecule has 0 aliphatic rings. The zero-order chi connectivity index (χ0) is 20.3. The SMILES string of the molecule is CC(C)Cc1ccc(C(C)c2n[nH]c(=S)n2/N=C/c2c(Cl)cccc2Cl)cc1. The molecule has 0 spiro atoms. The summed E-state index contributed by atoms with van der Waals surface area (Å²) in [4.78, 5) is 0. The van der Waals surface area contributed by atoms with E-state index < -0.39 is 0 Å². The number of rotatable bonds is 6. The van der Waals surface area contributed by atoms with Crippen molar-refractivity contribution in [2.24, 2.45) is 11.0 Å². The minimum absolute atomic E-state index is 0.0138. The van der Waals surface area contributed by atoms with Gasteiger partial charge in [-0.2, -0.15) is 14.9 Å². The predicted molar refractivity (Wildman–Crippen MR) is 119 cm³/mol. The van der Waals surface area contributed by atoms with Gasteiger partial charge in [-0.3, -0.25) is 5.10 Å². The third-order valence-corrected chi connectivity index (χ3v) is 5.41. The van der Waals surface area contributed by atoms with Crippen molar-refractivity contribution in [2.45, 2.75) is 33.1 Å². The van der Waals surface area contributed by atoms with Crippen LogP contribution in [0.3, 0.4) is 0 Å². The molecular weight excluding hydrogens is 411 g/mol. The van der Waals surface area contributed by atoms with Crippen molar-refractivity contribution < 1.29 is 0 Å². The molecule has 28 heavy (non-hydrogen) atoms. The summed E-state index contributed by atoms with van der Waals surface area (Å²) in [5.41, 5.74) is 3.12. The van der Waals surface area contributed by atoms with Crippen LogP contribution in [0.5, 0.6) is 0 Å². The van der Waals surface area contributed by atoms with Crippen molar-refractivity contribution in [3.05, 3.63) is 79.8 Å². The van der Waals surface area contributed by atoms with Crippen LogP contribution in [-0.4, -0.2) is 21.1 Å². The van der Waals surface area contributed by atoms with E-state index in [1.165, 1.54) is 5.56 Å². The topological polar surface area (TPSA) is 46.0 Å². The average Bonchev–Trinajstić information content (AvgIpc) is 3.01. The van der Waals surface area contributed by atoms with E-state index >= 15 is 0 Å². The number of nitrogens with zero attached hydrogens (tertiary/aromatic N) is 3. The first-order valence-electron chi connectivity index (χ1n) is 9.11. The summed E-state index contributed by atoms with van der Waals surface area (Å²) in [7, 11) is 0. The van der Waals surface area contributed by atoms with Gasteiger partial charge in [0.1, 0.15) is 0 Å². The summed E-state index contributed by atoms with van der Waals surface area (Å²) in [6.45, 7) is 6.52. The zero-order valence-corrected chi connectivity index (χ0v) is 18.3. The predicted octanol–water partition coefficient (Wildman–Crippen LogP) is 6.48. The van der Waals surface area contributed by atoms with E-state index in [0.29, 0.717) is 26.3 Å². The second kappa shape index (κ2) is 9.03. The fourth-order valence-corrected chi connectivity index (χ4v) is 3.69. The molecule has 2 aromatic carbocycles. The Morgan fingerprint density at radius 1 is 1.11 bits per heavy atom. The lowest BCUT2D eigenvalue weighted by molar-refractivity contribution is 0.646. The fourth-order valence-electron chi connectivity index (χ4n) is 3.01. The molecule has 1 heterocycles. The molecule has 1 atom stereocenters. The summed E-state index contributed by atoms with van der Waals surface area (Å²) in [6.07, 6.45) is 2.67. The van der Waals surface area contributed by atoms with Crippen molar-refractivity contribution in [1.82, 2.24) is 14.9 Å². The molecule has 0 fully saturated rings. The quantitative estimate of drug-likeness (QED) is 0.357. The highest BCUT2D eigenvalue weighted by Crippen LogP contribution is 2.25. The van der Waals surface area contributed by atoms with Gasteiger partial charge < -0.3 is 0 Å². The highest BCUT2D eigenvalue weighted by molar-refractivity contribution is 7.71. The van der Waals surface area contributed by atoms with Gasteiger partial charge in [0, 0.05) is 11.5 Å². The van der Waals surface area contributed by atoms with Crippen molar-refractivity contribution in [3.8, 4) is 0 Å². The standard InChI is InChI=1S/C21H22Cl2N4S/c1-13(2)11-15-7-9-16(10-8-15)14(3)20-25-26-21(28)27(20)24-12-17-18(22)5-4-6-19(17)23/h4-10,12-14H,11H2,1-3H3,(H,26,28)/b24-12+. The van der Waals surface area contributed by atoms with Gasteiger partial charge in [-0.15, -0.1) is 0 Å². The smallest absolute Gasteiger partial charge is 0.216 e. The van der Waals surface area contributed by atoms with Crippen LogP contribution in [0.4, 0.5) is 0 Å². The third kappa shape index (κ3) is 4.72. The Labute approximate surface area is 180 Å². The van der Waals surface area contributed by atoms with E-state index in [-0.39, 0.29) is 5.92 Å². The second-order valence-electron chi connectivity index (χ2n) is 7.14. The van der Waals surface area contributed by atoms with Crippen LogP contribution in [0.2, 0.25) is 10.0 Å². The molecular formula is C21H22Cl2N4S. The largest absolute Gasteiger partial charge is 0.250 e. The maximum atomic E-state index is 6.22. The summed E-state index contributed by atoms with van der Waals surface area (Å²) < 4.78 is 2.03. The van der Waals surface area contributed by atoms with Crippen LogP contribution in [0.1, 0.15) is 49.2 Å². The molecule has 3 aromatic rings. The highest BCUT2D eigenvalue weighted by atomic mass is 35.5. The Morgan fingerprint density at radius 2 is 1.75 bits per heavy atom. The van der Waals surface area contributed by atoms with E-state index in [2.05, 4.69) is 60.3 Å². The van der Waals surface area contributed by atoms with Crippen LogP contribution in [-0.2, 0) is 6.42 Å². The highest BCUT2D eigenvalue weighted by Gasteiger charge is 2.16. The van der Waals surface area contributed by atoms with Gasteiger partial charge in [0.25, 0.3) is 0 Å². The lowest BCUT2D eigenvalue weighted by Crippen LogP contribution is -2.06. The van der Waals surface area contributed by atoms with Gasteiger partial charge in [0.2, 0.25) is 4.77 Å². The van der Waals surface area contributed by atoms with E-state index in [1.54, 1.807) is 29.1 Å². The maximum absolute atomic E-state index is 6.22. The number of aromatic nitrogens is 3. The first-order valence-corrected chi connectivity index (χ1v) is 10.3. The molecule has 1 N–H and O–H groups in total. The number of H-pyrrole nitrogens is 1. The van der Waals surface area contributed by atoms with Gasteiger partial charge >= 0.3 is 0 Å². The van der Waals surface area contributed by atoms with E-state index in [9.17, 15) is 0 Å². The van der Waals surface area contributed by atoms with Crippen LogP contribution in [0.15, 0.2) is 47.6 Å². The molecule has 0 amide bonds. The molecule has 4 nitrogen and oxygen atoms in total. The molecule has 0 bridgehead atoms. The van der Waals surface area contributed by atoms with Crippen molar-refractivity contribution in [2.75, 3.05) is 0 Å². The number of halogens is 2. The Hall–Kier alpha value is -1.95. The van der Waals surface area contributed by atoms with Crippen molar-refractivity contribution in [3.63, 3.8) is 0 Å². The Morgan fingerprint density at radius 3 is 2.36 bits per heavy atom. The van der Waals surface area contributed by atoms with E-state index in [1.807, 2.05) is 0 Å². The molecule has 0 saturated carbocycles. The Balaban J connectivity index is 1.90. The van der Waals surface area contributed by atoms with Crippen LogP contribution in [0, 0.1) is 10.7 Å². The van der Waals surface area contributed by atoms with E-state index in [0.717, 1.165) is 17.8 Å². The number of nitrogens with one attached hydrogen (secondary N) is 1. The summed E-state index contributed by atoms with van der Waals surface area (Å²) >= 11 is 17.8. The van der Waals surface area contributed by atoms with Crippen LogP contribution >= 0.6 is 35.4 Å². The van der Waals surface area contributed by atoms with Gasteiger partial charge in [-0.25, -0.2) is 0 Å². The normalized spacial score (nSPS) is 12.8. The lowest BCUT2D eigenvalue weighted by atomic mass is 9.96. The first kappa shape index (κ1) is 20.8. The fraction of sp³-hybridized carbons (Fsp3) is 0.286. The van der Waals surface area contributed by atoms with Crippen LogP contribution < -0.4 is 0 Å². The number of aromatic amines is 1. The monoisotopic (exact) mass is 432 g/mol. The minimum Gasteiger partial charge on any atom is -0.250 e. The van der Waals surface area contributed by atoms with Gasteiger partial charge in [0.15, 0.2) is 5.82 Å². The lowest BCUT2D eigenvalue weighted by Gasteiger charge is -2.12.